The van der Waals surface area contributed by atoms with Gasteiger partial charge in [0.2, 0.25) is 11.8 Å². The number of piperazine rings is 1. The van der Waals surface area contributed by atoms with Gasteiger partial charge in [0.1, 0.15) is 0 Å². The van der Waals surface area contributed by atoms with Gasteiger partial charge < -0.3 is 14.9 Å². The van der Waals surface area contributed by atoms with Gasteiger partial charge in [0.05, 0.1) is 0 Å². The average molecular weight is 256 g/mol. The molecule has 0 unspecified atom stereocenters. The largest absolute Gasteiger partial charge is 0.396 e. The molecule has 0 aromatic heterocycles. The molecule has 1 rings (SSSR count). The molecule has 0 atom stereocenters. The van der Waals surface area contributed by atoms with Crippen molar-refractivity contribution < 1.29 is 14.7 Å². The second-order valence-corrected chi connectivity index (χ2v) is 5.75. The van der Waals surface area contributed by atoms with Gasteiger partial charge in [-0.3, -0.25) is 9.59 Å². The molecule has 1 aliphatic rings. The summed E-state index contributed by atoms with van der Waals surface area (Å²) < 4.78 is 0. The zero-order valence-corrected chi connectivity index (χ0v) is 11.6. The zero-order valence-electron chi connectivity index (χ0n) is 11.6. The second kappa shape index (κ2) is 6.18. The molecule has 104 valence electrons. The van der Waals surface area contributed by atoms with Crippen molar-refractivity contribution in [1.29, 1.82) is 0 Å². The van der Waals surface area contributed by atoms with Crippen molar-refractivity contribution in [2.24, 2.45) is 5.41 Å². The smallest absolute Gasteiger partial charge is 0.228 e. The van der Waals surface area contributed by atoms with Gasteiger partial charge in [0.15, 0.2) is 0 Å². The molecule has 0 aromatic carbocycles. The van der Waals surface area contributed by atoms with Gasteiger partial charge >= 0.3 is 0 Å². The number of aliphatic hydroxyl groups is 1. The van der Waals surface area contributed by atoms with Crippen LogP contribution in [-0.4, -0.2) is 59.5 Å². The number of rotatable bonds is 3. The van der Waals surface area contributed by atoms with E-state index in [1.165, 1.54) is 0 Å². The van der Waals surface area contributed by atoms with Crippen molar-refractivity contribution in [3.8, 4) is 0 Å². The van der Waals surface area contributed by atoms with E-state index in [-0.39, 0.29) is 23.8 Å². The second-order valence-electron chi connectivity index (χ2n) is 5.75. The number of carbonyl (C=O) groups excluding carboxylic acids is 2. The number of carbonyl (C=O) groups is 2. The molecule has 0 saturated carbocycles. The Morgan fingerprint density at radius 2 is 1.56 bits per heavy atom. The quantitative estimate of drug-likeness (QED) is 0.799. The van der Waals surface area contributed by atoms with Crippen LogP contribution >= 0.6 is 0 Å². The fraction of sp³-hybridized carbons (Fsp3) is 0.846. The van der Waals surface area contributed by atoms with Crippen LogP contribution in [0.1, 0.15) is 33.6 Å². The Morgan fingerprint density at radius 3 is 2.00 bits per heavy atom. The first kappa shape index (κ1) is 15.0. The number of amides is 2. The third-order valence-corrected chi connectivity index (χ3v) is 3.11. The predicted molar refractivity (Wildman–Crippen MR) is 68.9 cm³/mol. The van der Waals surface area contributed by atoms with Gasteiger partial charge in [-0.2, -0.15) is 0 Å². The Bertz CT molecular complexity index is 302. The summed E-state index contributed by atoms with van der Waals surface area (Å²) in [6.07, 6.45) is 0.906. The predicted octanol–water partition coefficient (Wildman–Crippen LogP) is 0.476. The highest BCUT2D eigenvalue weighted by molar-refractivity contribution is 5.82. The summed E-state index contributed by atoms with van der Waals surface area (Å²) in [4.78, 5) is 27.4. The van der Waals surface area contributed by atoms with E-state index in [2.05, 4.69) is 0 Å². The fourth-order valence-corrected chi connectivity index (χ4v) is 2.02. The maximum absolute atomic E-state index is 12.1. The molecule has 0 spiro atoms. The number of aliphatic hydroxyl groups excluding tert-OH is 1. The lowest BCUT2D eigenvalue weighted by atomic mass is 9.94. The molecule has 0 aromatic rings. The normalized spacial score (nSPS) is 16.9. The number of hydrogen-bond donors (Lipinski definition) is 1. The lowest BCUT2D eigenvalue weighted by molar-refractivity contribution is -0.145. The SMILES string of the molecule is CC(C)(C)C(=O)N1CCN(C(=O)CCCO)CC1. The van der Waals surface area contributed by atoms with Gasteiger partial charge in [-0.25, -0.2) is 0 Å². The highest BCUT2D eigenvalue weighted by Crippen LogP contribution is 2.18. The maximum Gasteiger partial charge on any atom is 0.228 e. The molecule has 0 aliphatic carbocycles. The molecule has 1 fully saturated rings. The molecule has 1 saturated heterocycles. The van der Waals surface area contributed by atoms with Gasteiger partial charge in [-0.15, -0.1) is 0 Å². The summed E-state index contributed by atoms with van der Waals surface area (Å²) >= 11 is 0. The molecular formula is C13H24N2O3. The third kappa shape index (κ3) is 3.98. The highest BCUT2D eigenvalue weighted by Gasteiger charge is 2.30. The standard InChI is InChI=1S/C13H24N2O3/c1-13(2,3)12(18)15-8-6-14(7-9-15)11(17)5-4-10-16/h16H,4-10H2,1-3H3. The summed E-state index contributed by atoms with van der Waals surface area (Å²) in [5.74, 6) is 0.219. The topological polar surface area (TPSA) is 60.9 Å². The number of hydrogen-bond acceptors (Lipinski definition) is 3. The molecule has 5 heteroatoms. The van der Waals surface area contributed by atoms with E-state index in [9.17, 15) is 9.59 Å². The summed E-state index contributed by atoms with van der Waals surface area (Å²) in [6, 6.07) is 0. The van der Waals surface area contributed by atoms with E-state index in [4.69, 9.17) is 5.11 Å². The van der Waals surface area contributed by atoms with E-state index in [0.29, 0.717) is 39.0 Å². The molecule has 1 heterocycles. The first-order valence-corrected chi connectivity index (χ1v) is 6.54. The summed E-state index contributed by atoms with van der Waals surface area (Å²) in [5, 5.41) is 8.69. The molecule has 0 radical (unpaired) electrons. The van der Waals surface area contributed by atoms with E-state index >= 15 is 0 Å². The van der Waals surface area contributed by atoms with Gasteiger partial charge in [-0.05, 0) is 6.42 Å². The van der Waals surface area contributed by atoms with Crippen LogP contribution in [0.5, 0.6) is 0 Å². The van der Waals surface area contributed by atoms with E-state index in [1.54, 1.807) is 4.90 Å². The van der Waals surface area contributed by atoms with Gasteiger partial charge in [-0.1, -0.05) is 20.8 Å². The molecule has 0 bridgehead atoms. The first-order valence-electron chi connectivity index (χ1n) is 6.54. The maximum atomic E-state index is 12.1. The minimum Gasteiger partial charge on any atom is -0.396 e. The molecule has 1 N–H and O–H groups in total. The van der Waals surface area contributed by atoms with Gasteiger partial charge in [0, 0.05) is 44.6 Å². The Balaban J connectivity index is 2.41. The van der Waals surface area contributed by atoms with Crippen molar-refractivity contribution >= 4 is 11.8 Å². The van der Waals surface area contributed by atoms with E-state index in [1.807, 2.05) is 25.7 Å². The Hall–Kier alpha value is -1.10. The minimum atomic E-state index is -0.358. The average Bonchev–Trinajstić information content (AvgIpc) is 2.34. The van der Waals surface area contributed by atoms with Crippen molar-refractivity contribution in [3.05, 3.63) is 0 Å². The molecule has 1 aliphatic heterocycles. The third-order valence-electron chi connectivity index (χ3n) is 3.11. The van der Waals surface area contributed by atoms with Gasteiger partial charge in [0.25, 0.3) is 0 Å². The number of nitrogens with zero attached hydrogens (tertiary/aromatic N) is 2. The molecule has 5 nitrogen and oxygen atoms in total. The zero-order chi connectivity index (χ0) is 13.8. The van der Waals surface area contributed by atoms with Crippen LogP contribution in [-0.2, 0) is 9.59 Å². The lowest BCUT2D eigenvalue weighted by Gasteiger charge is -2.37. The summed E-state index contributed by atoms with van der Waals surface area (Å²) in [5.41, 5.74) is -0.358. The molecule has 18 heavy (non-hydrogen) atoms. The van der Waals surface area contributed by atoms with E-state index in [0.717, 1.165) is 0 Å². The Morgan fingerprint density at radius 1 is 1.06 bits per heavy atom. The van der Waals surface area contributed by atoms with Crippen LogP contribution in [0.2, 0.25) is 0 Å². The van der Waals surface area contributed by atoms with Crippen LogP contribution in [0.25, 0.3) is 0 Å². The Labute approximate surface area is 109 Å². The van der Waals surface area contributed by atoms with Crippen LogP contribution in [0.15, 0.2) is 0 Å². The van der Waals surface area contributed by atoms with E-state index < -0.39 is 0 Å². The van der Waals surface area contributed by atoms with Crippen molar-refractivity contribution in [3.63, 3.8) is 0 Å². The van der Waals surface area contributed by atoms with Crippen LogP contribution < -0.4 is 0 Å². The monoisotopic (exact) mass is 256 g/mol. The van der Waals surface area contributed by atoms with Crippen LogP contribution in [0, 0.1) is 5.41 Å². The van der Waals surface area contributed by atoms with Crippen molar-refractivity contribution in [1.82, 2.24) is 9.80 Å². The lowest BCUT2D eigenvalue weighted by Crippen LogP contribution is -2.53. The molecular weight excluding hydrogens is 232 g/mol. The summed E-state index contributed by atoms with van der Waals surface area (Å²) in [6.45, 7) is 8.21. The van der Waals surface area contributed by atoms with Crippen molar-refractivity contribution in [2.45, 2.75) is 33.6 Å². The Kier molecular flexibility index (Phi) is 5.14. The summed E-state index contributed by atoms with van der Waals surface area (Å²) in [7, 11) is 0. The van der Waals surface area contributed by atoms with Crippen LogP contribution in [0.3, 0.4) is 0 Å². The fourth-order valence-electron chi connectivity index (χ4n) is 2.02. The highest BCUT2D eigenvalue weighted by atomic mass is 16.3. The molecule has 2 amide bonds. The minimum absolute atomic E-state index is 0.0498. The van der Waals surface area contributed by atoms with Crippen molar-refractivity contribution in [2.75, 3.05) is 32.8 Å². The van der Waals surface area contributed by atoms with Crippen LogP contribution in [0.4, 0.5) is 0 Å². The first-order chi connectivity index (χ1) is 8.36.